The Morgan fingerprint density at radius 1 is 1.21 bits per heavy atom. The van der Waals surface area contributed by atoms with Crippen LogP contribution in [0.3, 0.4) is 0 Å². The van der Waals surface area contributed by atoms with Gasteiger partial charge in [0.15, 0.2) is 5.13 Å². The molecule has 3 aliphatic carbocycles. The molecule has 2 atom stereocenters. The van der Waals surface area contributed by atoms with E-state index in [2.05, 4.69) is 10.3 Å². The first-order chi connectivity index (χ1) is 9.16. The zero-order valence-corrected chi connectivity index (χ0v) is 11.2. The summed E-state index contributed by atoms with van der Waals surface area (Å²) in [5.41, 5.74) is 0. The number of carbonyl (C=O) groups is 2. The maximum Gasteiger partial charge on any atom is 0.230 e. The molecule has 1 aromatic heterocycles. The number of nitrogens with one attached hydrogen (secondary N) is 1. The van der Waals surface area contributed by atoms with E-state index in [1.165, 1.54) is 11.3 Å². The van der Waals surface area contributed by atoms with Gasteiger partial charge in [0.2, 0.25) is 5.91 Å². The fraction of sp³-hybridized carbons (Fsp3) is 0.615. The van der Waals surface area contributed by atoms with Crippen LogP contribution in [0, 0.1) is 23.7 Å². The van der Waals surface area contributed by atoms with E-state index in [-0.39, 0.29) is 17.7 Å². The molecule has 0 radical (unpaired) electrons. The lowest BCUT2D eigenvalue weighted by atomic mass is 9.58. The second kappa shape index (κ2) is 4.92. The summed E-state index contributed by atoms with van der Waals surface area (Å²) in [4.78, 5) is 27.7. The van der Waals surface area contributed by atoms with Gasteiger partial charge in [0.1, 0.15) is 0 Å². The molecule has 2 bridgehead atoms. The SMILES string of the molecule is O=C([O-])[C@H]1C2CCC(CC2)[C@@H]1C(=O)Nc1nccs1. The molecule has 102 valence electrons. The fourth-order valence-corrected chi connectivity index (χ4v) is 4.17. The average Bonchev–Trinajstić information content (AvgIpc) is 2.91. The Hall–Kier alpha value is -1.43. The van der Waals surface area contributed by atoms with E-state index in [4.69, 9.17) is 0 Å². The van der Waals surface area contributed by atoms with Gasteiger partial charge in [0.05, 0.1) is 0 Å². The Morgan fingerprint density at radius 3 is 2.37 bits per heavy atom. The summed E-state index contributed by atoms with van der Waals surface area (Å²) in [6.07, 6.45) is 5.33. The topological polar surface area (TPSA) is 82.1 Å². The number of rotatable bonds is 3. The van der Waals surface area contributed by atoms with Crippen LogP contribution in [-0.4, -0.2) is 16.9 Å². The smallest absolute Gasteiger partial charge is 0.230 e. The Morgan fingerprint density at radius 2 is 1.84 bits per heavy atom. The van der Waals surface area contributed by atoms with E-state index in [0.717, 1.165) is 25.7 Å². The average molecular weight is 279 g/mol. The minimum Gasteiger partial charge on any atom is -0.550 e. The highest BCUT2D eigenvalue weighted by molar-refractivity contribution is 7.13. The number of fused-ring (bicyclic) bond motifs is 3. The quantitative estimate of drug-likeness (QED) is 0.890. The molecule has 3 saturated carbocycles. The van der Waals surface area contributed by atoms with Crippen molar-refractivity contribution in [3.8, 4) is 0 Å². The van der Waals surface area contributed by atoms with Crippen molar-refractivity contribution in [1.29, 1.82) is 0 Å². The van der Waals surface area contributed by atoms with Gasteiger partial charge in [-0.3, -0.25) is 4.79 Å². The zero-order chi connectivity index (χ0) is 13.4. The minimum absolute atomic E-state index is 0.0991. The van der Waals surface area contributed by atoms with Gasteiger partial charge >= 0.3 is 0 Å². The molecule has 6 heteroatoms. The van der Waals surface area contributed by atoms with Gasteiger partial charge in [-0.25, -0.2) is 4.98 Å². The van der Waals surface area contributed by atoms with Crippen molar-refractivity contribution >= 4 is 28.3 Å². The largest absolute Gasteiger partial charge is 0.550 e. The molecular weight excluding hydrogens is 264 g/mol. The first-order valence-electron chi connectivity index (χ1n) is 6.58. The molecule has 3 fully saturated rings. The van der Waals surface area contributed by atoms with Crippen LogP contribution >= 0.6 is 11.3 Å². The second-order valence-corrected chi connectivity index (χ2v) is 6.27. The lowest BCUT2D eigenvalue weighted by Gasteiger charge is -2.48. The highest BCUT2D eigenvalue weighted by Crippen LogP contribution is 2.49. The van der Waals surface area contributed by atoms with Crippen molar-refractivity contribution in [2.45, 2.75) is 25.7 Å². The van der Waals surface area contributed by atoms with Crippen molar-refractivity contribution in [3.63, 3.8) is 0 Å². The predicted octanol–water partition coefficient (Wildman–Crippen LogP) is 0.884. The van der Waals surface area contributed by atoms with E-state index < -0.39 is 17.8 Å². The molecule has 1 amide bonds. The highest BCUT2D eigenvalue weighted by Gasteiger charge is 2.47. The van der Waals surface area contributed by atoms with Crippen molar-refractivity contribution in [2.24, 2.45) is 23.7 Å². The maximum atomic E-state index is 12.3. The third-order valence-electron chi connectivity index (χ3n) is 4.46. The first-order valence-corrected chi connectivity index (χ1v) is 7.46. The molecule has 1 N–H and O–H groups in total. The first kappa shape index (κ1) is 12.6. The summed E-state index contributed by atoms with van der Waals surface area (Å²) in [6, 6.07) is 0. The van der Waals surface area contributed by atoms with E-state index in [1.807, 2.05) is 0 Å². The van der Waals surface area contributed by atoms with E-state index in [1.54, 1.807) is 11.6 Å². The number of amides is 1. The fourth-order valence-electron chi connectivity index (χ4n) is 3.64. The van der Waals surface area contributed by atoms with Gasteiger partial charge in [-0.15, -0.1) is 11.3 Å². The van der Waals surface area contributed by atoms with Gasteiger partial charge in [-0.2, -0.15) is 0 Å². The number of aromatic nitrogens is 1. The summed E-state index contributed by atoms with van der Waals surface area (Å²) < 4.78 is 0. The number of nitrogens with zero attached hydrogens (tertiary/aromatic N) is 1. The normalized spacial score (nSPS) is 33.1. The van der Waals surface area contributed by atoms with Crippen LogP contribution in [0.25, 0.3) is 0 Å². The Bertz CT molecular complexity index is 480. The van der Waals surface area contributed by atoms with E-state index in [9.17, 15) is 14.7 Å². The summed E-state index contributed by atoms with van der Waals surface area (Å²) in [6.45, 7) is 0. The molecule has 19 heavy (non-hydrogen) atoms. The Labute approximate surface area is 115 Å². The molecule has 5 nitrogen and oxygen atoms in total. The molecule has 1 heterocycles. The van der Waals surface area contributed by atoms with Crippen LogP contribution in [0.5, 0.6) is 0 Å². The number of aliphatic carboxylic acids is 1. The number of carboxylic acid groups (broad SMARTS) is 1. The summed E-state index contributed by atoms with van der Waals surface area (Å²) in [5, 5.41) is 16.4. The number of carboxylic acids is 1. The summed E-state index contributed by atoms with van der Waals surface area (Å²) in [5.74, 6) is -2.10. The number of hydrogen-bond donors (Lipinski definition) is 1. The van der Waals surface area contributed by atoms with Crippen LogP contribution in [-0.2, 0) is 9.59 Å². The molecule has 4 rings (SSSR count). The third kappa shape index (κ3) is 2.25. The van der Waals surface area contributed by atoms with E-state index in [0.29, 0.717) is 5.13 Å². The summed E-state index contributed by atoms with van der Waals surface area (Å²) >= 11 is 1.34. The molecular formula is C13H15N2O3S-. The number of carbonyl (C=O) groups excluding carboxylic acids is 2. The van der Waals surface area contributed by atoms with Crippen molar-refractivity contribution in [2.75, 3.05) is 5.32 Å². The molecule has 3 aliphatic rings. The Balaban J connectivity index is 1.80. The lowest BCUT2D eigenvalue weighted by molar-refractivity contribution is -0.318. The minimum atomic E-state index is -1.08. The number of hydrogen-bond acceptors (Lipinski definition) is 5. The van der Waals surface area contributed by atoms with Gasteiger partial charge in [0, 0.05) is 29.4 Å². The van der Waals surface area contributed by atoms with Crippen LogP contribution in [0.15, 0.2) is 11.6 Å². The van der Waals surface area contributed by atoms with Crippen LogP contribution < -0.4 is 10.4 Å². The number of thiazole rings is 1. The standard InChI is InChI=1S/C13H16N2O3S/c16-11(15-13-14-5-6-19-13)9-7-1-3-8(4-2-7)10(9)12(17)18/h5-10H,1-4H2,(H,17,18)(H,14,15,16)/p-1/t7?,8?,9-,10-/m0/s1. The molecule has 0 aliphatic heterocycles. The van der Waals surface area contributed by atoms with Crippen LogP contribution in [0.4, 0.5) is 5.13 Å². The summed E-state index contributed by atoms with van der Waals surface area (Å²) in [7, 11) is 0. The molecule has 0 aromatic carbocycles. The monoisotopic (exact) mass is 279 g/mol. The molecule has 0 unspecified atom stereocenters. The zero-order valence-electron chi connectivity index (χ0n) is 10.4. The molecule has 0 spiro atoms. The van der Waals surface area contributed by atoms with Crippen molar-refractivity contribution < 1.29 is 14.7 Å². The van der Waals surface area contributed by atoms with Crippen LogP contribution in [0.2, 0.25) is 0 Å². The number of anilines is 1. The predicted molar refractivity (Wildman–Crippen MR) is 68.2 cm³/mol. The van der Waals surface area contributed by atoms with Gasteiger partial charge in [-0.1, -0.05) is 0 Å². The second-order valence-electron chi connectivity index (χ2n) is 5.37. The van der Waals surface area contributed by atoms with Gasteiger partial charge < -0.3 is 15.2 Å². The van der Waals surface area contributed by atoms with Gasteiger partial charge in [-0.05, 0) is 37.5 Å². The van der Waals surface area contributed by atoms with Crippen molar-refractivity contribution in [3.05, 3.63) is 11.6 Å². The van der Waals surface area contributed by atoms with Gasteiger partial charge in [0.25, 0.3) is 0 Å². The van der Waals surface area contributed by atoms with E-state index >= 15 is 0 Å². The molecule has 1 aromatic rings. The highest BCUT2D eigenvalue weighted by atomic mass is 32.1. The maximum absolute atomic E-state index is 12.3. The third-order valence-corrected chi connectivity index (χ3v) is 5.15. The van der Waals surface area contributed by atoms with Crippen molar-refractivity contribution in [1.82, 2.24) is 4.98 Å². The molecule has 0 saturated heterocycles. The Kier molecular flexibility index (Phi) is 3.26. The van der Waals surface area contributed by atoms with Crippen LogP contribution in [0.1, 0.15) is 25.7 Å². The lowest BCUT2D eigenvalue weighted by Crippen LogP contribution is -2.52.